The van der Waals surface area contributed by atoms with Crippen LogP contribution in [0.3, 0.4) is 0 Å². The minimum atomic E-state index is -0.253. The number of nitrogens with two attached hydrogens (primary N) is 1. The molecular weight excluding hydrogens is 288 g/mol. The molecule has 0 radical (unpaired) electrons. The first-order chi connectivity index (χ1) is 9.95. The third-order valence-corrected chi connectivity index (χ3v) is 3.01. The van der Waals surface area contributed by atoms with Gasteiger partial charge in [0.25, 0.3) is 5.91 Å². The van der Waals surface area contributed by atoms with Gasteiger partial charge >= 0.3 is 0 Å². The van der Waals surface area contributed by atoms with Gasteiger partial charge in [0.05, 0.1) is 5.69 Å². The van der Waals surface area contributed by atoms with Crippen LogP contribution < -0.4 is 15.8 Å². The van der Waals surface area contributed by atoms with Gasteiger partial charge in [0.1, 0.15) is 16.6 Å². The molecule has 0 atom stereocenters. The summed E-state index contributed by atoms with van der Waals surface area (Å²) >= 11 is 4.86. The van der Waals surface area contributed by atoms with E-state index in [9.17, 15) is 4.79 Å². The first-order valence-electron chi connectivity index (χ1n) is 6.29. The predicted octanol–water partition coefficient (Wildman–Crippen LogP) is 1.38. The van der Waals surface area contributed by atoms with E-state index in [0.717, 1.165) is 11.3 Å². The average Bonchev–Trinajstić information content (AvgIpc) is 2.75. The van der Waals surface area contributed by atoms with Crippen molar-refractivity contribution in [2.75, 3.05) is 11.9 Å². The van der Waals surface area contributed by atoms with Crippen LogP contribution >= 0.6 is 12.2 Å². The van der Waals surface area contributed by atoms with Crippen molar-refractivity contribution in [3.05, 3.63) is 41.6 Å². The molecule has 2 aromatic rings. The second kappa shape index (κ2) is 6.36. The Bertz CT molecular complexity index is 664. The molecule has 7 heteroatoms. The number of amides is 1. The van der Waals surface area contributed by atoms with E-state index < -0.39 is 0 Å². The van der Waals surface area contributed by atoms with E-state index in [-0.39, 0.29) is 12.5 Å². The summed E-state index contributed by atoms with van der Waals surface area (Å²) in [6.07, 6.45) is 0. The molecule has 0 spiro atoms. The van der Waals surface area contributed by atoms with Gasteiger partial charge in [-0.05, 0) is 31.2 Å². The number of ether oxygens (including phenoxy) is 1. The first-order valence-corrected chi connectivity index (χ1v) is 6.69. The summed E-state index contributed by atoms with van der Waals surface area (Å²) in [4.78, 5) is 12.1. The normalized spacial score (nSPS) is 10.2. The Hall–Kier alpha value is -2.41. The summed E-state index contributed by atoms with van der Waals surface area (Å²) < 4.78 is 7.00. The van der Waals surface area contributed by atoms with E-state index in [1.54, 1.807) is 42.1 Å². The molecule has 1 amide bonds. The van der Waals surface area contributed by atoms with Crippen molar-refractivity contribution in [1.29, 1.82) is 0 Å². The lowest BCUT2D eigenvalue weighted by Crippen LogP contribution is -2.21. The lowest BCUT2D eigenvalue weighted by atomic mass is 10.2. The SMILES string of the molecule is Cc1cc(NC(=O)COc2ccc(C(N)=S)cc2)n(C)n1. The van der Waals surface area contributed by atoms with Gasteiger partial charge in [0.2, 0.25) is 0 Å². The quantitative estimate of drug-likeness (QED) is 0.816. The molecular formula is C14H16N4O2S. The molecule has 0 aliphatic rings. The van der Waals surface area contributed by atoms with Crippen LogP contribution in [0, 0.1) is 6.92 Å². The van der Waals surface area contributed by atoms with Crippen LogP contribution in [-0.4, -0.2) is 27.3 Å². The van der Waals surface area contributed by atoms with Crippen molar-refractivity contribution >= 4 is 28.9 Å². The molecule has 1 heterocycles. The Kier molecular flexibility index (Phi) is 4.54. The van der Waals surface area contributed by atoms with Crippen LogP contribution in [0.2, 0.25) is 0 Å². The van der Waals surface area contributed by atoms with E-state index in [4.69, 9.17) is 22.7 Å². The summed E-state index contributed by atoms with van der Waals surface area (Å²) in [6, 6.07) is 8.72. The van der Waals surface area contributed by atoms with Crippen molar-refractivity contribution in [1.82, 2.24) is 9.78 Å². The standard InChI is InChI=1S/C14H16N4O2S/c1-9-7-12(18(2)17-9)16-13(19)8-20-11-5-3-10(4-6-11)14(15)21/h3-7H,8H2,1-2H3,(H2,15,21)(H,16,19). The summed E-state index contributed by atoms with van der Waals surface area (Å²) in [5, 5.41) is 6.87. The number of rotatable bonds is 5. The van der Waals surface area contributed by atoms with Gasteiger partial charge in [0.15, 0.2) is 6.61 Å². The minimum absolute atomic E-state index is 0.0867. The monoisotopic (exact) mass is 304 g/mol. The van der Waals surface area contributed by atoms with E-state index in [1.165, 1.54) is 0 Å². The summed E-state index contributed by atoms with van der Waals surface area (Å²) in [7, 11) is 1.76. The van der Waals surface area contributed by atoms with Gasteiger partial charge in [0, 0.05) is 18.7 Å². The van der Waals surface area contributed by atoms with Crippen LogP contribution in [0.5, 0.6) is 5.75 Å². The van der Waals surface area contributed by atoms with E-state index in [2.05, 4.69) is 10.4 Å². The second-order valence-electron chi connectivity index (χ2n) is 4.52. The Morgan fingerprint density at radius 2 is 2.10 bits per heavy atom. The highest BCUT2D eigenvalue weighted by Gasteiger charge is 2.08. The fourth-order valence-electron chi connectivity index (χ4n) is 1.77. The molecule has 0 saturated carbocycles. The molecule has 0 fully saturated rings. The number of anilines is 1. The molecule has 6 nitrogen and oxygen atoms in total. The lowest BCUT2D eigenvalue weighted by Gasteiger charge is -2.08. The molecule has 0 bridgehead atoms. The van der Waals surface area contributed by atoms with Gasteiger partial charge in [-0.25, -0.2) is 0 Å². The molecule has 2 rings (SSSR count). The second-order valence-corrected chi connectivity index (χ2v) is 4.96. The molecule has 1 aromatic heterocycles. The largest absolute Gasteiger partial charge is 0.484 e. The maximum atomic E-state index is 11.8. The highest BCUT2D eigenvalue weighted by atomic mass is 32.1. The lowest BCUT2D eigenvalue weighted by molar-refractivity contribution is -0.118. The van der Waals surface area contributed by atoms with Crippen molar-refractivity contribution in [2.45, 2.75) is 6.92 Å². The van der Waals surface area contributed by atoms with Crippen molar-refractivity contribution in [3.63, 3.8) is 0 Å². The highest BCUT2D eigenvalue weighted by Crippen LogP contribution is 2.12. The number of thiocarbonyl (C=S) groups is 1. The summed E-state index contributed by atoms with van der Waals surface area (Å²) in [6.45, 7) is 1.77. The molecule has 1 aromatic carbocycles. The fraction of sp³-hybridized carbons (Fsp3) is 0.214. The predicted molar refractivity (Wildman–Crippen MR) is 84.4 cm³/mol. The van der Waals surface area contributed by atoms with Crippen LogP contribution in [0.4, 0.5) is 5.82 Å². The number of carbonyl (C=O) groups is 1. The molecule has 0 aliphatic carbocycles. The van der Waals surface area contributed by atoms with Crippen LogP contribution in [-0.2, 0) is 11.8 Å². The first kappa shape index (κ1) is 15.0. The zero-order valence-electron chi connectivity index (χ0n) is 11.8. The number of carbonyl (C=O) groups excluding carboxylic acids is 1. The molecule has 21 heavy (non-hydrogen) atoms. The summed E-state index contributed by atoms with van der Waals surface area (Å²) in [5.41, 5.74) is 7.10. The number of aryl methyl sites for hydroxylation is 2. The van der Waals surface area contributed by atoms with E-state index in [1.807, 2.05) is 6.92 Å². The maximum absolute atomic E-state index is 11.8. The smallest absolute Gasteiger partial charge is 0.263 e. The number of nitrogens with zero attached hydrogens (tertiary/aromatic N) is 2. The van der Waals surface area contributed by atoms with Crippen LogP contribution in [0.1, 0.15) is 11.3 Å². The molecule has 0 saturated heterocycles. The third kappa shape index (κ3) is 4.03. The maximum Gasteiger partial charge on any atom is 0.263 e. The van der Waals surface area contributed by atoms with Crippen molar-refractivity contribution in [3.8, 4) is 5.75 Å². The molecule has 110 valence electrons. The van der Waals surface area contributed by atoms with Gasteiger partial charge in [-0.2, -0.15) is 5.10 Å². The number of aromatic nitrogens is 2. The van der Waals surface area contributed by atoms with Gasteiger partial charge in [-0.3, -0.25) is 9.48 Å². The zero-order chi connectivity index (χ0) is 15.4. The minimum Gasteiger partial charge on any atom is -0.484 e. The average molecular weight is 304 g/mol. The van der Waals surface area contributed by atoms with E-state index in [0.29, 0.717) is 16.6 Å². The van der Waals surface area contributed by atoms with Crippen LogP contribution in [0.15, 0.2) is 30.3 Å². The molecule has 0 unspecified atom stereocenters. The highest BCUT2D eigenvalue weighted by molar-refractivity contribution is 7.80. The van der Waals surface area contributed by atoms with Gasteiger partial charge in [-0.1, -0.05) is 12.2 Å². The Labute approximate surface area is 127 Å². The van der Waals surface area contributed by atoms with Crippen molar-refractivity contribution in [2.24, 2.45) is 12.8 Å². The van der Waals surface area contributed by atoms with Crippen LogP contribution in [0.25, 0.3) is 0 Å². The Balaban J connectivity index is 1.89. The zero-order valence-corrected chi connectivity index (χ0v) is 12.6. The van der Waals surface area contributed by atoms with E-state index >= 15 is 0 Å². The number of nitrogens with one attached hydrogen (secondary N) is 1. The number of hydrogen-bond acceptors (Lipinski definition) is 4. The fourth-order valence-corrected chi connectivity index (χ4v) is 1.91. The van der Waals surface area contributed by atoms with Gasteiger partial charge < -0.3 is 15.8 Å². The third-order valence-electron chi connectivity index (χ3n) is 2.78. The molecule has 0 aliphatic heterocycles. The number of benzene rings is 1. The Morgan fingerprint density at radius 1 is 1.43 bits per heavy atom. The van der Waals surface area contributed by atoms with Gasteiger partial charge in [-0.15, -0.1) is 0 Å². The number of hydrogen-bond donors (Lipinski definition) is 2. The molecule has 3 N–H and O–H groups in total. The Morgan fingerprint density at radius 3 is 2.62 bits per heavy atom. The summed E-state index contributed by atoms with van der Waals surface area (Å²) in [5.74, 6) is 0.952. The topological polar surface area (TPSA) is 82.2 Å². The van der Waals surface area contributed by atoms with Crippen molar-refractivity contribution < 1.29 is 9.53 Å².